The van der Waals surface area contributed by atoms with Crippen LogP contribution in [0.2, 0.25) is 0 Å². The van der Waals surface area contributed by atoms with Crippen molar-refractivity contribution in [2.24, 2.45) is 0 Å². The largest absolute Gasteiger partial charge is 0.497 e. The van der Waals surface area contributed by atoms with Gasteiger partial charge in [0.25, 0.3) is 5.91 Å². The lowest BCUT2D eigenvalue weighted by Gasteiger charge is -2.04. The molecule has 112 valence electrons. The molecule has 0 spiro atoms. The van der Waals surface area contributed by atoms with E-state index in [1.54, 1.807) is 37.4 Å². The maximum atomic E-state index is 12.6. The van der Waals surface area contributed by atoms with Gasteiger partial charge in [0.15, 0.2) is 5.58 Å². The molecule has 0 saturated heterocycles. The zero-order valence-corrected chi connectivity index (χ0v) is 15.6. The minimum absolute atomic E-state index is 0.388. The van der Waals surface area contributed by atoms with E-state index < -0.39 is 11.7 Å². The summed E-state index contributed by atoms with van der Waals surface area (Å²) >= 11 is 4.22. The molecular weight excluding hydrogens is 512 g/mol. The van der Waals surface area contributed by atoms with Gasteiger partial charge in [-0.15, -0.1) is 0 Å². The summed E-state index contributed by atoms with van der Waals surface area (Å²) < 4.78 is 13.1. The smallest absolute Gasteiger partial charge is 0.427 e. The quantitative estimate of drug-likeness (QED) is 0.485. The van der Waals surface area contributed by atoms with Gasteiger partial charge >= 0.3 is 5.76 Å². The van der Waals surface area contributed by atoms with Gasteiger partial charge in [-0.2, -0.15) is 0 Å². The second-order valence-electron chi connectivity index (χ2n) is 4.47. The average Bonchev–Trinajstić information content (AvgIpc) is 2.83. The summed E-state index contributed by atoms with van der Waals surface area (Å²) in [4.78, 5) is 24.7. The lowest BCUT2D eigenvalue weighted by molar-refractivity contribution is 0.0956. The third-order valence-corrected chi connectivity index (χ3v) is 4.57. The van der Waals surface area contributed by atoms with Crippen molar-refractivity contribution in [3.05, 3.63) is 59.7 Å². The second-order valence-corrected chi connectivity index (χ2v) is 6.88. The number of ether oxygens (including phenoxy) is 1. The number of hydrogen-bond acceptors (Lipinski definition) is 4. The molecule has 0 aliphatic rings. The highest BCUT2D eigenvalue weighted by atomic mass is 127. The van der Waals surface area contributed by atoms with Crippen LogP contribution in [-0.2, 0) is 0 Å². The predicted molar refractivity (Wildman–Crippen MR) is 98.6 cm³/mol. The Morgan fingerprint density at radius 3 is 2.50 bits per heavy atom. The van der Waals surface area contributed by atoms with Crippen LogP contribution >= 0.6 is 45.2 Å². The molecule has 2 aromatic carbocycles. The Kier molecular flexibility index (Phi) is 4.26. The van der Waals surface area contributed by atoms with Crippen LogP contribution in [0.25, 0.3) is 11.1 Å². The molecule has 0 atom stereocenters. The molecule has 3 rings (SSSR count). The van der Waals surface area contributed by atoms with Gasteiger partial charge in [0.05, 0.1) is 10.7 Å². The van der Waals surface area contributed by atoms with Crippen LogP contribution in [0.4, 0.5) is 0 Å². The van der Waals surface area contributed by atoms with Crippen LogP contribution < -0.4 is 10.5 Å². The maximum Gasteiger partial charge on any atom is 0.427 e. The maximum absolute atomic E-state index is 12.6. The van der Waals surface area contributed by atoms with Crippen molar-refractivity contribution in [2.75, 3.05) is 7.11 Å². The van der Waals surface area contributed by atoms with Crippen LogP contribution in [-0.4, -0.2) is 17.6 Å². The lowest BCUT2D eigenvalue weighted by Crippen LogP contribution is -2.23. The van der Waals surface area contributed by atoms with Crippen molar-refractivity contribution in [3.8, 4) is 5.75 Å². The van der Waals surface area contributed by atoms with E-state index in [0.717, 1.165) is 11.7 Å². The lowest BCUT2D eigenvalue weighted by atomic mass is 10.2. The zero-order chi connectivity index (χ0) is 15.9. The molecule has 3 aromatic rings. The molecule has 0 unspecified atom stereocenters. The summed E-state index contributed by atoms with van der Waals surface area (Å²) in [5.41, 5.74) is 1.29. The predicted octanol–water partition coefficient (Wildman–Crippen LogP) is 3.50. The van der Waals surface area contributed by atoms with E-state index in [1.165, 1.54) is 0 Å². The van der Waals surface area contributed by atoms with Crippen molar-refractivity contribution >= 4 is 62.2 Å². The van der Waals surface area contributed by atoms with E-state index in [1.807, 2.05) is 6.07 Å². The molecule has 0 N–H and O–H groups in total. The van der Waals surface area contributed by atoms with Gasteiger partial charge in [0, 0.05) is 9.13 Å². The second kappa shape index (κ2) is 6.03. The summed E-state index contributed by atoms with van der Waals surface area (Å²) in [7, 11) is 1.55. The van der Waals surface area contributed by atoms with Crippen molar-refractivity contribution in [2.45, 2.75) is 0 Å². The number of carbonyl (C=O) groups excluding carboxylic acids is 1. The highest BCUT2D eigenvalue weighted by Gasteiger charge is 2.19. The van der Waals surface area contributed by atoms with Crippen molar-refractivity contribution in [1.82, 2.24) is 4.57 Å². The number of fused-ring (bicyclic) bond motifs is 1. The monoisotopic (exact) mass is 521 g/mol. The van der Waals surface area contributed by atoms with E-state index in [2.05, 4.69) is 45.2 Å². The fraction of sp³-hybridized carbons (Fsp3) is 0.0667. The standard InChI is InChI=1S/C15H9I2NO4/c1-21-10-4-2-8(3-5-10)14(19)18-12-7-9(16)6-11(17)13(12)22-15(18)20/h2-7H,1H3. The number of aromatic nitrogens is 1. The number of methoxy groups -OCH3 is 1. The number of carbonyl (C=O) groups is 1. The SMILES string of the molecule is COc1ccc(C(=O)n2c(=O)oc3c(I)cc(I)cc32)cc1. The Balaban J connectivity index is 2.18. The first-order valence-corrected chi connectivity index (χ1v) is 8.36. The molecule has 0 aliphatic carbocycles. The molecule has 0 saturated carbocycles. The fourth-order valence-electron chi connectivity index (χ4n) is 2.10. The van der Waals surface area contributed by atoms with Gasteiger partial charge in [0.1, 0.15) is 11.3 Å². The molecular formula is C15H9I2NO4. The van der Waals surface area contributed by atoms with Gasteiger partial charge in [-0.3, -0.25) is 4.79 Å². The molecule has 0 aliphatic heterocycles. The molecule has 0 bridgehead atoms. The summed E-state index contributed by atoms with van der Waals surface area (Å²) in [5, 5.41) is 0. The van der Waals surface area contributed by atoms with Gasteiger partial charge in [-0.1, -0.05) is 0 Å². The fourth-order valence-corrected chi connectivity index (χ4v) is 4.02. The van der Waals surface area contributed by atoms with Crippen LogP contribution in [0.1, 0.15) is 10.4 Å². The van der Waals surface area contributed by atoms with Crippen LogP contribution in [0, 0.1) is 7.14 Å². The van der Waals surface area contributed by atoms with Gasteiger partial charge in [-0.05, 0) is 81.6 Å². The van der Waals surface area contributed by atoms with Crippen LogP contribution in [0.3, 0.4) is 0 Å². The summed E-state index contributed by atoms with van der Waals surface area (Å²) in [5.74, 6) is -0.468. The number of oxazole rings is 1. The third-order valence-electron chi connectivity index (χ3n) is 3.14. The van der Waals surface area contributed by atoms with Gasteiger partial charge in [-0.25, -0.2) is 9.36 Å². The highest BCUT2D eigenvalue weighted by molar-refractivity contribution is 14.1. The minimum Gasteiger partial charge on any atom is -0.497 e. The first kappa shape index (κ1) is 15.5. The molecule has 5 nitrogen and oxygen atoms in total. The van der Waals surface area contributed by atoms with Gasteiger partial charge in [0.2, 0.25) is 0 Å². The average molecular weight is 521 g/mol. The van der Waals surface area contributed by atoms with Crippen molar-refractivity contribution in [1.29, 1.82) is 0 Å². The molecule has 0 radical (unpaired) electrons. The van der Waals surface area contributed by atoms with E-state index >= 15 is 0 Å². The van der Waals surface area contributed by atoms with Crippen LogP contribution in [0.5, 0.6) is 5.75 Å². The number of hydrogen-bond donors (Lipinski definition) is 0. The zero-order valence-electron chi connectivity index (χ0n) is 11.3. The Bertz CT molecular complexity index is 925. The number of nitrogens with zero attached hydrogens (tertiary/aromatic N) is 1. The van der Waals surface area contributed by atoms with Crippen LogP contribution in [0.15, 0.2) is 45.6 Å². The number of halogens is 2. The van der Waals surface area contributed by atoms with Crippen molar-refractivity contribution < 1.29 is 13.9 Å². The Labute approximate surface area is 152 Å². The Hall–Kier alpha value is -1.36. The third kappa shape index (κ3) is 2.67. The first-order valence-electron chi connectivity index (χ1n) is 6.20. The minimum atomic E-state index is -0.685. The molecule has 7 heteroatoms. The van der Waals surface area contributed by atoms with Gasteiger partial charge < -0.3 is 9.15 Å². The highest BCUT2D eigenvalue weighted by Crippen LogP contribution is 2.24. The summed E-state index contributed by atoms with van der Waals surface area (Å²) in [6.45, 7) is 0. The molecule has 1 heterocycles. The first-order chi connectivity index (χ1) is 10.5. The molecule has 0 fully saturated rings. The number of benzene rings is 2. The van der Waals surface area contributed by atoms with E-state index in [0.29, 0.717) is 22.4 Å². The molecule has 0 amide bonds. The topological polar surface area (TPSA) is 61.4 Å². The number of rotatable bonds is 2. The normalized spacial score (nSPS) is 10.9. The summed E-state index contributed by atoms with van der Waals surface area (Å²) in [6.07, 6.45) is 0. The molecule has 22 heavy (non-hydrogen) atoms. The van der Waals surface area contributed by atoms with E-state index in [-0.39, 0.29) is 0 Å². The van der Waals surface area contributed by atoms with E-state index in [9.17, 15) is 9.59 Å². The van der Waals surface area contributed by atoms with E-state index in [4.69, 9.17) is 9.15 Å². The van der Waals surface area contributed by atoms with Crippen molar-refractivity contribution in [3.63, 3.8) is 0 Å². The Morgan fingerprint density at radius 2 is 1.86 bits per heavy atom. The summed E-state index contributed by atoms with van der Waals surface area (Å²) in [6, 6.07) is 10.2. The molecule has 1 aromatic heterocycles. The Morgan fingerprint density at radius 1 is 1.18 bits per heavy atom.